The molecule has 0 aliphatic carbocycles. The Morgan fingerprint density at radius 1 is 1.00 bits per heavy atom. The summed E-state index contributed by atoms with van der Waals surface area (Å²) in [5.74, 6) is 1.43. The third-order valence-corrected chi connectivity index (χ3v) is 3.83. The quantitative estimate of drug-likeness (QED) is 0.947. The van der Waals surface area contributed by atoms with Crippen LogP contribution in [0.15, 0.2) is 36.4 Å². The van der Waals surface area contributed by atoms with E-state index in [-0.39, 0.29) is 5.91 Å². The first-order valence-corrected chi connectivity index (χ1v) is 7.37. The summed E-state index contributed by atoms with van der Waals surface area (Å²) < 4.78 is 11.0. The summed E-state index contributed by atoms with van der Waals surface area (Å²) in [5, 5.41) is 2.93. The average Bonchev–Trinajstić information content (AvgIpc) is 2.55. The van der Waals surface area contributed by atoms with E-state index in [2.05, 4.69) is 5.32 Å². The van der Waals surface area contributed by atoms with Crippen LogP contribution in [0.2, 0.25) is 0 Å². The fraction of sp³-hybridized carbons (Fsp3) is 0.278. The number of benzene rings is 2. The Morgan fingerprint density at radius 2 is 1.77 bits per heavy atom. The van der Waals surface area contributed by atoms with E-state index < -0.39 is 0 Å². The molecule has 3 rings (SSSR count). The molecule has 0 radical (unpaired) electrons. The fourth-order valence-electron chi connectivity index (χ4n) is 2.36. The first kappa shape index (κ1) is 14.4. The number of fused-ring (bicyclic) bond motifs is 1. The SMILES string of the molecule is Cc1ccc(C(=O)NCc2ccc3c(c2)OCCO3)cc1C. The van der Waals surface area contributed by atoms with Gasteiger partial charge in [0.2, 0.25) is 0 Å². The summed E-state index contributed by atoms with van der Waals surface area (Å²) in [6, 6.07) is 11.5. The van der Waals surface area contributed by atoms with Crippen LogP contribution in [-0.2, 0) is 6.54 Å². The maximum atomic E-state index is 12.2. The van der Waals surface area contributed by atoms with Gasteiger partial charge in [-0.25, -0.2) is 0 Å². The minimum Gasteiger partial charge on any atom is -0.486 e. The zero-order chi connectivity index (χ0) is 15.5. The second-order valence-corrected chi connectivity index (χ2v) is 5.46. The van der Waals surface area contributed by atoms with E-state index in [1.165, 1.54) is 5.56 Å². The molecule has 1 heterocycles. The van der Waals surface area contributed by atoms with Crippen LogP contribution in [0.3, 0.4) is 0 Å². The lowest BCUT2D eigenvalue weighted by molar-refractivity contribution is 0.0950. The summed E-state index contributed by atoms with van der Waals surface area (Å²) in [6.07, 6.45) is 0. The lowest BCUT2D eigenvalue weighted by Gasteiger charge is -2.19. The van der Waals surface area contributed by atoms with Crippen LogP contribution >= 0.6 is 0 Å². The van der Waals surface area contributed by atoms with E-state index in [4.69, 9.17) is 9.47 Å². The Bertz CT molecular complexity index is 709. The predicted octanol–water partition coefficient (Wildman–Crippen LogP) is 3.00. The highest BCUT2D eigenvalue weighted by atomic mass is 16.6. The number of nitrogens with one attached hydrogen (secondary N) is 1. The van der Waals surface area contributed by atoms with Gasteiger partial charge in [0.1, 0.15) is 13.2 Å². The molecule has 4 nitrogen and oxygen atoms in total. The summed E-state index contributed by atoms with van der Waals surface area (Å²) >= 11 is 0. The molecule has 0 saturated heterocycles. The second kappa shape index (κ2) is 6.10. The van der Waals surface area contributed by atoms with Crippen molar-refractivity contribution in [2.45, 2.75) is 20.4 Å². The highest BCUT2D eigenvalue weighted by Gasteiger charge is 2.12. The van der Waals surface area contributed by atoms with Crippen molar-refractivity contribution in [1.29, 1.82) is 0 Å². The zero-order valence-corrected chi connectivity index (χ0v) is 12.8. The number of rotatable bonds is 3. The molecule has 0 aromatic heterocycles. The monoisotopic (exact) mass is 297 g/mol. The van der Waals surface area contributed by atoms with Gasteiger partial charge in [0.05, 0.1) is 0 Å². The molecule has 0 bridgehead atoms. The third-order valence-electron chi connectivity index (χ3n) is 3.83. The van der Waals surface area contributed by atoms with Crippen molar-refractivity contribution < 1.29 is 14.3 Å². The van der Waals surface area contributed by atoms with Gasteiger partial charge in [-0.05, 0) is 54.8 Å². The molecule has 0 saturated carbocycles. The predicted molar refractivity (Wildman–Crippen MR) is 84.5 cm³/mol. The first-order chi connectivity index (χ1) is 10.6. The fourth-order valence-corrected chi connectivity index (χ4v) is 2.36. The maximum absolute atomic E-state index is 12.2. The van der Waals surface area contributed by atoms with Crippen LogP contribution in [0.5, 0.6) is 11.5 Å². The summed E-state index contributed by atoms with van der Waals surface area (Å²) in [7, 11) is 0. The first-order valence-electron chi connectivity index (χ1n) is 7.37. The molecule has 2 aromatic carbocycles. The van der Waals surface area contributed by atoms with Crippen molar-refractivity contribution in [3.05, 3.63) is 58.7 Å². The van der Waals surface area contributed by atoms with E-state index in [0.29, 0.717) is 25.3 Å². The normalized spacial score (nSPS) is 12.8. The van der Waals surface area contributed by atoms with Crippen molar-refractivity contribution in [2.24, 2.45) is 0 Å². The highest BCUT2D eigenvalue weighted by molar-refractivity contribution is 5.94. The Labute approximate surface area is 130 Å². The van der Waals surface area contributed by atoms with Crippen LogP contribution in [-0.4, -0.2) is 19.1 Å². The second-order valence-electron chi connectivity index (χ2n) is 5.46. The Balaban J connectivity index is 1.66. The molecule has 0 spiro atoms. The van der Waals surface area contributed by atoms with Crippen molar-refractivity contribution in [2.75, 3.05) is 13.2 Å². The molecule has 114 valence electrons. The van der Waals surface area contributed by atoms with E-state index in [9.17, 15) is 4.79 Å². The van der Waals surface area contributed by atoms with Gasteiger partial charge in [-0.2, -0.15) is 0 Å². The van der Waals surface area contributed by atoms with Crippen LogP contribution in [0.25, 0.3) is 0 Å². The molecular formula is C18H19NO3. The molecule has 1 aliphatic heterocycles. The van der Waals surface area contributed by atoms with Crippen molar-refractivity contribution in [3.63, 3.8) is 0 Å². The van der Waals surface area contributed by atoms with E-state index in [1.54, 1.807) is 0 Å². The molecule has 0 unspecified atom stereocenters. The Morgan fingerprint density at radius 3 is 2.55 bits per heavy atom. The number of hydrogen-bond donors (Lipinski definition) is 1. The lowest BCUT2D eigenvalue weighted by Crippen LogP contribution is -2.23. The van der Waals surface area contributed by atoms with Gasteiger partial charge in [-0.15, -0.1) is 0 Å². The van der Waals surface area contributed by atoms with Crippen LogP contribution in [0, 0.1) is 13.8 Å². The molecule has 1 N–H and O–H groups in total. The van der Waals surface area contributed by atoms with Gasteiger partial charge in [0.25, 0.3) is 5.91 Å². The van der Waals surface area contributed by atoms with Gasteiger partial charge in [0.15, 0.2) is 11.5 Å². The van der Waals surface area contributed by atoms with Crippen molar-refractivity contribution >= 4 is 5.91 Å². The molecule has 22 heavy (non-hydrogen) atoms. The topological polar surface area (TPSA) is 47.6 Å². The van der Waals surface area contributed by atoms with Gasteiger partial charge < -0.3 is 14.8 Å². The molecular weight excluding hydrogens is 278 g/mol. The number of amides is 1. The number of carbonyl (C=O) groups is 1. The third kappa shape index (κ3) is 3.06. The van der Waals surface area contributed by atoms with Crippen LogP contribution in [0.4, 0.5) is 0 Å². The van der Waals surface area contributed by atoms with Crippen LogP contribution in [0.1, 0.15) is 27.0 Å². The number of hydrogen-bond acceptors (Lipinski definition) is 3. The zero-order valence-electron chi connectivity index (χ0n) is 12.8. The Kier molecular flexibility index (Phi) is 4.00. The van der Waals surface area contributed by atoms with Gasteiger partial charge in [-0.3, -0.25) is 4.79 Å². The molecule has 1 amide bonds. The molecule has 4 heteroatoms. The molecule has 2 aromatic rings. The van der Waals surface area contributed by atoms with E-state index in [0.717, 1.165) is 22.6 Å². The highest BCUT2D eigenvalue weighted by Crippen LogP contribution is 2.30. The summed E-state index contributed by atoms with van der Waals surface area (Å²) in [4.78, 5) is 12.2. The van der Waals surface area contributed by atoms with Crippen LogP contribution < -0.4 is 14.8 Å². The van der Waals surface area contributed by atoms with Gasteiger partial charge in [0, 0.05) is 12.1 Å². The van der Waals surface area contributed by atoms with Gasteiger partial charge >= 0.3 is 0 Å². The smallest absolute Gasteiger partial charge is 0.251 e. The molecule has 0 atom stereocenters. The Hall–Kier alpha value is -2.49. The minimum absolute atomic E-state index is 0.0713. The standard InChI is InChI=1S/C18H19NO3/c1-12-3-5-15(9-13(12)2)18(20)19-11-14-4-6-16-17(10-14)22-8-7-21-16/h3-6,9-10H,7-8,11H2,1-2H3,(H,19,20). The largest absolute Gasteiger partial charge is 0.486 e. The number of ether oxygens (including phenoxy) is 2. The van der Waals surface area contributed by atoms with Crippen molar-refractivity contribution in [3.8, 4) is 11.5 Å². The van der Waals surface area contributed by atoms with Crippen molar-refractivity contribution in [1.82, 2.24) is 5.32 Å². The van der Waals surface area contributed by atoms with E-state index >= 15 is 0 Å². The summed E-state index contributed by atoms with van der Waals surface area (Å²) in [5.41, 5.74) is 3.97. The minimum atomic E-state index is -0.0713. The maximum Gasteiger partial charge on any atom is 0.251 e. The number of carbonyl (C=O) groups excluding carboxylic acids is 1. The van der Waals surface area contributed by atoms with Gasteiger partial charge in [-0.1, -0.05) is 12.1 Å². The number of aryl methyl sites for hydroxylation is 2. The summed E-state index contributed by atoms with van der Waals surface area (Å²) in [6.45, 7) is 5.64. The average molecular weight is 297 g/mol. The molecule has 0 fully saturated rings. The lowest BCUT2D eigenvalue weighted by atomic mass is 10.1. The van der Waals surface area contributed by atoms with E-state index in [1.807, 2.05) is 50.2 Å². The molecule has 1 aliphatic rings.